The van der Waals surface area contributed by atoms with E-state index in [0.717, 1.165) is 16.8 Å². The van der Waals surface area contributed by atoms with Crippen molar-refractivity contribution < 1.29 is 9.53 Å². The van der Waals surface area contributed by atoms with Gasteiger partial charge in [-0.3, -0.25) is 9.78 Å². The summed E-state index contributed by atoms with van der Waals surface area (Å²) in [7, 11) is 1.41. The SMILES string of the molecule is COC(=O)C[C@@](C)(NCc1cccc(-n2cccn2)c1)c1ccncc1. The van der Waals surface area contributed by atoms with Crippen molar-refractivity contribution in [3.8, 4) is 5.69 Å². The van der Waals surface area contributed by atoms with Crippen LogP contribution in [0.1, 0.15) is 24.5 Å². The summed E-state index contributed by atoms with van der Waals surface area (Å²) >= 11 is 0. The second-order valence-corrected chi connectivity index (χ2v) is 6.29. The zero-order chi connectivity index (χ0) is 18.4. The Bertz CT molecular complexity index is 849. The van der Waals surface area contributed by atoms with Gasteiger partial charge in [0.25, 0.3) is 0 Å². The normalized spacial score (nSPS) is 13.2. The van der Waals surface area contributed by atoms with Crippen molar-refractivity contribution >= 4 is 5.97 Å². The van der Waals surface area contributed by atoms with Crippen LogP contribution in [0.25, 0.3) is 5.69 Å². The average Bonchev–Trinajstić information content (AvgIpc) is 3.22. The summed E-state index contributed by atoms with van der Waals surface area (Å²) in [6.45, 7) is 2.60. The van der Waals surface area contributed by atoms with Gasteiger partial charge in [0.05, 0.1) is 24.8 Å². The van der Waals surface area contributed by atoms with Gasteiger partial charge in [-0.1, -0.05) is 12.1 Å². The predicted octanol–water partition coefficient (Wildman–Crippen LogP) is 2.84. The Labute approximate surface area is 152 Å². The second-order valence-electron chi connectivity index (χ2n) is 6.29. The number of carbonyl (C=O) groups excluding carboxylic acids is 1. The highest BCUT2D eigenvalue weighted by Gasteiger charge is 2.29. The molecule has 2 heterocycles. The van der Waals surface area contributed by atoms with Crippen molar-refractivity contribution in [1.29, 1.82) is 0 Å². The van der Waals surface area contributed by atoms with Gasteiger partial charge in [-0.2, -0.15) is 5.10 Å². The van der Waals surface area contributed by atoms with Crippen molar-refractivity contribution in [2.24, 2.45) is 0 Å². The van der Waals surface area contributed by atoms with Crippen molar-refractivity contribution in [3.63, 3.8) is 0 Å². The number of rotatable bonds is 7. The summed E-state index contributed by atoms with van der Waals surface area (Å²) in [4.78, 5) is 16.0. The first-order chi connectivity index (χ1) is 12.6. The van der Waals surface area contributed by atoms with Crippen LogP contribution >= 0.6 is 0 Å². The standard InChI is InChI=1S/C20H22N4O2/c1-20(14-19(25)26-2,17-7-10-21-11-8-17)22-15-16-5-3-6-18(13-16)24-12-4-9-23-24/h3-13,22H,14-15H2,1-2H3/t20-/m1/s1. The lowest BCUT2D eigenvalue weighted by atomic mass is 9.89. The molecule has 3 rings (SSSR count). The maximum absolute atomic E-state index is 11.9. The summed E-state index contributed by atoms with van der Waals surface area (Å²) in [6.07, 6.45) is 7.34. The maximum atomic E-state index is 11.9. The molecule has 2 aromatic heterocycles. The number of aromatic nitrogens is 3. The van der Waals surface area contributed by atoms with Crippen LogP contribution in [-0.4, -0.2) is 27.8 Å². The number of pyridine rings is 1. The molecule has 1 aromatic carbocycles. The van der Waals surface area contributed by atoms with Gasteiger partial charge in [0.2, 0.25) is 0 Å². The lowest BCUT2D eigenvalue weighted by Gasteiger charge is -2.30. The van der Waals surface area contributed by atoms with E-state index in [2.05, 4.69) is 21.5 Å². The minimum atomic E-state index is -0.558. The average molecular weight is 350 g/mol. The number of benzene rings is 1. The first kappa shape index (κ1) is 17.8. The Balaban J connectivity index is 1.80. The van der Waals surface area contributed by atoms with E-state index in [9.17, 15) is 4.79 Å². The lowest BCUT2D eigenvalue weighted by Crippen LogP contribution is -2.41. The van der Waals surface area contributed by atoms with E-state index in [1.807, 2.05) is 54.2 Å². The Morgan fingerprint density at radius 1 is 1.19 bits per heavy atom. The third-order valence-electron chi connectivity index (χ3n) is 4.41. The third-order valence-corrected chi connectivity index (χ3v) is 4.41. The van der Waals surface area contributed by atoms with Crippen LogP contribution in [0, 0.1) is 0 Å². The van der Waals surface area contributed by atoms with Gasteiger partial charge in [-0.15, -0.1) is 0 Å². The Hall–Kier alpha value is -2.99. The molecule has 134 valence electrons. The molecule has 0 amide bonds. The minimum Gasteiger partial charge on any atom is -0.469 e. The molecule has 26 heavy (non-hydrogen) atoms. The van der Waals surface area contributed by atoms with Gasteiger partial charge in [0.1, 0.15) is 0 Å². The molecule has 6 heteroatoms. The van der Waals surface area contributed by atoms with E-state index in [0.29, 0.717) is 6.54 Å². The smallest absolute Gasteiger partial charge is 0.307 e. The molecule has 0 aliphatic heterocycles. The predicted molar refractivity (Wildman–Crippen MR) is 98.6 cm³/mol. The van der Waals surface area contributed by atoms with E-state index in [1.165, 1.54) is 7.11 Å². The third kappa shape index (κ3) is 4.15. The van der Waals surface area contributed by atoms with Crippen LogP contribution in [0.2, 0.25) is 0 Å². The van der Waals surface area contributed by atoms with Crippen molar-refractivity contribution in [2.45, 2.75) is 25.4 Å². The summed E-state index contributed by atoms with van der Waals surface area (Å²) in [5.41, 5.74) is 2.52. The number of nitrogens with one attached hydrogen (secondary N) is 1. The molecule has 0 fully saturated rings. The molecular weight excluding hydrogens is 328 g/mol. The van der Waals surface area contributed by atoms with Crippen LogP contribution in [0.3, 0.4) is 0 Å². The molecular formula is C20H22N4O2. The highest BCUT2D eigenvalue weighted by Crippen LogP contribution is 2.25. The van der Waals surface area contributed by atoms with Gasteiger partial charge in [-0.25, -0.2) is 4.68 Å². The number of hydrogen-bond acceptors (Lipinski definition) is 5. The van der Waals surface area contributed by atoms with Gasteiger partial charge < -0.3 is 10.1 Å². The van der Waals surface area contributed by atoms with Crippen molar-refractivity contribution in [3.05, 3.63) is 78.4 Å². The molecule has 0 spiro atoms. The number of esters is 1. The molecule has 6 nitrogen and oxygen atoms in total. The molecule has 1 atom stereocenters. The highest BCUT2D eigenvalue weighted by molar-refractivity contribution is 5.71. The molecule has 0 radical (unpaired) electrons. The van der Waals surface area contributed by atoms with Gasteiger partial charge in [-0.05, 0) is 48.4 Å². The van der Waals surface area contributed by atoms with Crippen LogP contribution in [0.4, 0.5) is 0 Å². The lowest BCUT2D eigenvalue weighted by molar-refractivity contribution is -0.142. The van der Waals surface area contributed by atoms with Gasteiger partial charge in [0.15, 0.2) is 0 Å². The number of carbonyl (C=O) groups is 1. The van der Waals surface area contributed by atoms with E-state index >= 15 is 0 Å². The van der Waals surface area contributed by atoms with Crippen molar-refractivity contribution in [2.75, 3.05) is 7.11 Å². The summed E-state index contributed by atoms with van der Waals surface area (Å²) in [6, 6.07) is 13.8. The topological polar surface area (TPSA) is 69.0 Å². The zero-order valence-electron chi connectivity index (χ0n) is 14.9. The van der Waals surface area contributed by atoms with E-state index in [1.54, 1.807) is 18.6 Å². The molecule has 0 saturated heterocycles. The fraction of sp³-hybridized carbons (Fsp3) is 0.250. The minimum absolute atomic E-state index is 0.229. The fourth-order valence-electron chi connectivity index (χ4n) is 2.87. The van der Waals surface area contributed by atoms with Crippen LogP contribution in [-0.2, 0) is 21.6 Å². The second kappa shape index (κ2) is 7.93. The molecule has 0 bridgehead atoms. The Morgan fingerprint density at radius 2 is 2.00 bits per heavy atom. The molecule has 1 N–H and O–H groups in total. The summed E-state index contributed by atoms with van der Waals surface area (Å²) in [5.74, 6) is -0.262. The molecule has 3 aromatic rings. The summed E-state index contributed by atoms with van der Waals surface area (Å²) in [5, 5.41) is 7.77. The number of methoxy groups -OCH3 is 1. The quantitative estimate of drug-likeness (QED) is 0.664. The first-order valence-corrected chi connectivity index (χ1v) is 8.42. The van der Waals surface area contributed by atoms with Crippen LogP contribution < -0.4 is 5.32 Å². The largest absolute Gasteiger partial charge is 0.469 e. The van der Waals surface area contributed by atoms with E-state index in [4.69, 9.17) is 4.74 Å². The Morgan fingerprint density at radius 3 is 2.69 bits per heavy atom. The monoisotopic (exact) mass is 350 g/mol. The highest BCUT2D eigenvalue weighted by atomic mass is 16.5. The van der Waals surface area contributed by atoms with Crippen molar-refractivity contribution in [1.82, 2.24) is 20.1 Å². The first-order valence-electron chi connectivity index (χ1n) is 8.42. The zero-order valence-corrected chi connectivity index (χ0v) is 14.9. The Kier molecular flexibility index (Phi) is 5.43. The van der Waals surface area contributed by atoms with E-state index < -0.39 is 5.54 Å². The molecule has 0 aliphatic carbocycles. The number of ether oxygens (including phenoxy) is 1. The summed E-state index contributed by atoms with van der Waals surface area (Å²) < 4.78 is 6.70. The van der Waals surface area contributed by atoms with E-state index in [-0.39, 0.29) is 12.4 Å². The molecule has 0 unspecified atom stereocenters. The van der Waals surface area contributed by atoms with Crippen LogP contribution in [0.5, 0.6) is 0 Å². The number of nitrogens with zero attached hydrogens (tertiary/aromatic N) is 3. The maximum Gasteiger partial charge on any atom is 0.307 e. The molecule has 0 aliphatic rings. The van der Waals surface area contributed by atoms with Gasteiger partial charge >= 0.3 is 5.97 Å². The van der Waals surface area contributed by atoms with Crippen LogP contribution in [0.15, 0.2) is 67.3 Å². The fourth-order valence-corrected chi connectivity index (χ4v) is 2.87. The number of hydrogen-bond donors (Lipinski definition) is 1. The van der Waals surface area contributed by atoms with Gasteiger partial charge in [0, 0.05) is 31.3 Å². The molecule has 0 saturated carbocycles.